The van der Waals surface area contributed by atoms with E-state index in [1.54, 1.807) is 0 Å². The first-order valence-electron chi connectivity index (χ1n) is 4.79. The number of hydrogen-bond acceptors (Lipinski definition) is 2. The summed E-state index contributed by atoms with van der Waals surface area (Å²) in [6.45, 7) is 6.71. The second kappa shape index (κ2) is 5.02. The molecule has 0 aromatic rings. The molecule has 1 aliphatic rings. The first kappa shape index (κ1) is 10.3. The molecule has 1 N–H and O–H groups in total. The zero-order valence-electron chi connectivity index (χ0n) is 7.96. The van der Waals surface area contributed by atoms with Crippen LogP contribution in [0, 0.1) is 0 Å². The third-order valence-electron chi connectivity index (χ3n) is 2.30. The molecule has 0 spiro atoms. The largest absolute Gasteiger partial charge is 0.481 e. The smallest absolute Gasteiger partial charge is 0.307 e. The van der Waals surface area contributed by atoms with Crippen LogP contribution >= 0.6 is 0 Å². The average Bonchev–Trinajstić information content (AvgIpc) is 2.04. The molecule has 0 unspecified atom stereocenters. The highest BCUT2D eigenvalue weighted by Crippen LogP contribution is 2.11. The molecule has 1 aliphatic heterocycles. The zero-order chi connectivity index (χ0) is 9.68. The fraction of sp³-hybridized carbons (Fsp3) is 0.700. The van der Waals surface area contributed by atoms with E-state index in [1.807, 2.05) is 0 Å². The Balaban J connectivity index is 2.22. The molecule has 13 heavy (non-hydrogen) atoms. The molecule has 1 heterocycles. The van der Waals surface area contributed by atoms with E-state index in [1.165, 1.54) is 19.3 Å². The average molecular weight is 183 g/mol. The molecule has 0 saturated carbocycles. The van der Waals surface area contributed by atoms with Crippen LogP contribution in [0.3, 0.4) is 0 Å². The predicted octanol–water partition coefficient (Wildman–Crippen LogP) is 1.50. The molecule has 1 rings (SSSR count). The van der Waals surface area contributed by atoms with E-state index in [0.717, 1.165) is 25.2 Å². The van der Waals surface area contributed by atoms with Crippen LogP contribution in [0.5, 0.6) is 0 Å². The third kappa shape index (κ3) is 4.08. The summed E-state index contributed by atoms with van der Waals surface area (Å²) in [5.41, 5.74) is 0.814. The molecule has 0 aliphatic carbocycles. The van der Waals surface area contributed by atoms with Gasteiger partial charge in [-0.15, -0.1) is 0 Å². The molecule has 3 nitrogen and oxygen atoms in total. The van der Waals surface area contributed by atoms with Crippen LogP contribution in [0.2, 0.25) is 0 Å². The maximum absolute atomic E-state index is 10.4. The molecule has 0 radical (unpaired) electrons. The Morgan fingerprint density at radius 3 is 2.46 bits per heavy atom. The number of aliphatic carboxylic acids is 1. The number of hydrogen-bond donors (Lipinski definition) is 1. The lowest BCUT2D eigenvalue weighted by Gasteiger charge is -2.26. The molecule has 0 atom stereocenters. The van der Waals surface area contributed by atoms with Gasteiger partial charge in [0.25, 0.3) is 0 Å². The van der Waals surface area contributed by atoms with Crippen molar-refractivity contribution in [3.05, 3.63) is 12.2 Å². The molecular weight excluding hydrogens is 166 g/mol. The Labute approximate surface area is 79.0 Å². The van der Waals surface area contributed by atoms with Crippen molar-refractivity contribution in [3.8, 4) is 0 Å². The van der Waals surface area contributed by atoms with Crippen LogP contribution in [0.25, 0.3) is 0 Å². The maximum Gasteiger partial charge on any atom is 0.307 e. The number of piperidine rings is 1. The van der Waals surface area contributed by atoms with Gasteiger partial charge in [-0.05, 0) is 25.9 Å². The Hall–Kier alpha value is -0.830. The number of nitrogens with zero attached hydrogens (tertiary/aromatic N) is 1. The van der Waals surface area contributed by atoms with E-state index in [9.17, 15) is 4.79 Å². The van der Waals surface area contributed by atoms with Gasteiger partial charge in [0.05, 0.1) is 6.42 Å². The van der Waals surface area contributed by atoms with Crippen molar-refractivity contribution in [2.45, 2.75) is 25.7 Å². The third-order valence-corrected chi connectivity index (χ3v) is 2.30. The Morgan fingerprint density at radius 2 is 1.92 bits per heavy atom. The van der Waals surface area contributed by atoms with Crippen molar-refractivity contribution in [2.24, 2.45) is 0 Å². The van der Waals surface area contributed by atoms with Gasteiger partial charge in [-0.1, -0.05) is 18.6 Å². The van der Waals surface area contributed by atoms with Gasteiger partial charge >= 0.3 is 5.97 Å². The Bertz CT molecular complexity index is 195. The van der Waals surface area contributed by atoms with Gasteiger partial charge in [0.15, 0.2) is 0 Å². The molecule has 0 aromatic carbocycles. The van der Waals surface area contributed by atoms with Gasteiger partial charge in [0.2, 0.25) is 0 Å². The highest BCUT2D eigenvalue weighted by atomic mass is 16.4. The summed E-state index contributed by atoms with van der Waals surface area (Å²) in [4.78, 5) is 12.7. The maximum atomic E-state index is 10.4. The Morgan fingerprint density at radius 1 is 1.31 bits per heavy atom. The molecule has 74 valence electrons. The number of likely N-dealkylation sites (tertiary alicyclic amines) is 1. The summed E-state index contributed by atoms with van der Waals surface area (Å²) >= 11 is 0. The number of carbonyl (C=O) groups is 1. The van der Waals surface area contributed by atoms with E-state index >= 15 is 0 Å². The van der Waals surface area contributed by atoms with Gasteiger partial charge in [0, 0.05) is 6.54 Å². The number of carboxylic acids is 1. The second-order valence-electron chi connectivity index (χ2n) is 3.66. The fourth-order valence-corrected chi connectivity index (χ4v) is 1.70. The normalized spacial score (nSPS) is 18.5. The second-order valence-corrected chi connectivity index (χ2v) is 3.66. The van der Waals surface area contributed by atoms with Crippen molar-refractivity contribution < 1.29 is 9.90 Å². The monoisotopic (exact) mass is 183 g/mol. The molecule has 0 aromatic heterocycles. The highest BCUT2D eigenvalue weighted by molar-refractivity contribution is 5.69. The van der Waals surface area contributed by atoms with E-state index in [-0.39, 0.29) is 6.42 Å². The van der Waals surface area contributed by atoms with E-state index in [4.69, 9.17) is 5.11 Å². The van der Waals surface area contributed by atoms with Crippen molar-refractivity contribution >= 4 is 5.97 Å². The Kier molecular flexibility index (Phi) is 3.96. The zero-order valence-corrected chi connectivity index (χ0v) is 7.96. The molecular formula is C10H17NO2. The van der Waals surface area contributed by atoms with Crippen LogP contribution in [0.15, 0.2) is 12.2 Å². The SMILES string of the molecule is C=C(CC(=O)O)CN1CCCCC1. The number of rotatable bonds is 4. The van der Waals surface area contributed by atoms with Crippen LogP contribution < -0.4 is 0 Å². The van der Waals surface area contributed by atoms with Crippen LogP contribution in [0.1, 0.15) is 25.7 Å². The van der Waals surface area contributed by atoms with E-state index < -0.39 is 5.97 Å². The van der Waals surface area contributed by atoms with E-state index in [2.05, 4.69) is 11.5 Å². The van der Waals surface area contributed by atoms with Crippen molar-refractivity contribution in [1.29, 1.82) is 0 Å². The molecule has 0 bridgehead atoms. The minimum Gasteiger partial charge on any atom is -0.481 e. The summed E-state index contributed by atoms with van der Waals surface area (Å²) in [6.07, 6.45) is 3.89. The quantitative estimate of drug-likeness (QED) is 0.671. The topological polar surface area (TPSA) is 40.5 Å². The van der Waals surface area contributed by atoms with Gasteiger partial charge in [-0.3, -0.25) is 9.69 Å². The predicted molar refractivity (Wildman–Crippen MR) is 51.7 cm³/mol. The molecule has 0 amide bonds. The van der Waals surface area contributed by atoms with Gasteiger partial charge in [0.1, 0.15) is 0 Å². The number of carboxylic acid groups (broad SMARTS) is 1. The standard InChI is InChI=1S/C10H17NO2/c1-9(7-10(12)13)8-11-5-3-2-4-6-11/h1-8H2,(H,12,13). The summed E-state index contributed by atoms with van der Waals surface area (Å²) in [5.74, 6) is -0.776. The lowest BCUT2D eigenvalue weighted by molar-refractivity contribution is -0.136. The van der Waals surface area contributed by atoms with Crippen molar-refractivity contribution in [2.75, 3.05) is 19.6 Å². The van der Waals surface area contributed by atoms with Gasteiger partial charge < -0.3 is 5.11 Å². The first-order chi connectivity index (χ1) is 6.18. The lowest BCUT2D eigenvalue weighted by atomic mass is 10.1. The van der Waals surface area contributed by atoms with Crippen LogP contribution in [-0.2, 0) is 4.79 Å². The van der Waals surface area contributed by atoms with Crippen LogP contribution in [-0.4, -0.2) is 35.6 Å². The van der Waals surface area contributed by atoms with Crippen molar-refractivity contribution in [1.82, 2.24) is 4.90 Å². The summed E-state index contributed by atoms with van der Waals surface area (Å²) in [7, 11) is 0. The summed E-state index contributed by atoms with van der Waals surface area (Å²) < 4.78 is 0. The molecule has 1 fully saturated rings. The van der Waals surface area contributed by atoms with Gasteiger partial charge in [-0.2, -0.15) is 0 Å². The lowest BCUT2D eigenvalue weighted by Crippen LogP contribution is -2.31. The first-order valence-corrected chi connectivity index (χ1v) is 4.79. The van der Waals surface area contributed by atoms with Crippen LogP contribution in [0.4, 0.5) is 0 Å². The van der Waals surface area contributed by atoms with Crippen molar-refractivity contribution in [3.63, 3.8) is 0 Å². The minimum atomic E-state index is -0.776. The van der Waals surface area contributed by atoms with Gasteiger partial charge in [-0.25, -0.2) is 0 Å². The highest BCUT2D eigenvalue weighted by Gasteiger charge is 2.11. The minimum absolute atomic E-state index is 0.108. The fourth-order valence-electron chi connectivity index (χ4n) is 1.70. The van der Waals surface area contributed by atoms with E-state index in [0.29, 0.717) is 0 Å². The molecule has 3 heteroatoms. The summed E-state index contributed by atoms with van der Waals surface area (Å²) in [6, 6.07) is 0. The summed E-state index contributed by atoms with van der Waals surface area (Å²) in [5, 5.41) is 8.53. The molecule has 1 saturated heterocycles.